The van der Waals surface area contributed by atoms with E-state index in [-0.39, 0.29) is 5.75 Å². The lowest BCUT2D eigenvalue weighted by atomic mass is 10.1. The molecule has 21 heavy (non-hydrogen) atoms. The second-order valence-electron chi connectivity index (χ2n) is 4.45. The van der Waals surface area contributed by atoms with Gasteiger partial charge >= 0.3 is 0 Å². The number of primary amides is 1. The summed E-state index contributed by atoms with van der Waals surface area (Å²) in [6.07, 6.45) is 0. The van der Waals surface area contributed by atoms with Crippen molar-refractivity contribution in [1.82, 2.24) is 0 Å². The number of benzene rings is 2. The zero-order valence-corrected chi connectivity index (χ0v) is 12.4. The van der Waals surface area contributed by atoms with Crippen LogP contribution in [0.25, 0.3) is 0 Å². The number of carbonyl (C=O) groups is 1. The number of hydrogen-bond acceptors (Lipinski definition) is 4. The van der Waals surface area contributed by atoms with E-state index in [1.54, 1.807) is 43.5 Å². The maximum Gasteiger partial charge on any atom is 0.248 e. The predicted octanol–water partition coefficient (Wildman–Crippen LogP) is 1.68. The van der Waals surface area contributed by atoms with Crippen LogP contribution in [0.4, 0.5) is 5.69 Å². The lowest BCUT2D eigenvalue weighted by Crippen LogP contribution is -2.12. The Kier molecular flexibility index (Phi) is 4.59. The molecule has 0 spiro atoms. The van der Waals surface area contributed by atoms with Crippen LogP contribution in [0.1, 0.15) is 15.9 Å². The van der Waals surface area contributed by atoms with Crippen molar-refractivity contribution in [2.75, 3.05) is 12.8 Å². The van der Waals surface area contributed by atoms with Crippen molar-refractivity contribution in [2.24, 2.45) is 5.73 Å². The summed E-state index contributed by atoms with van der Waals surface area (Å²) in [6.45, 7) is 0. The van der Waals surface area contributed by atoms with Gasteiger partial charge in [-0.05, 0) is 35.9 Å². The van der Waals surface area contributed by atoms with E-state index >= 15 is 0 Å². The molecule has 0 saturated carbocycles. The molecular formula is C15H16N2O3S. The molecule has 2 rings (SSSR count). The molecule has 1 unspecified atom stereocenters. The van der Waals surface area contributed by atoms with Crippen LogP contribution < -0.4 is 16.2 Å². The van der Waals surface area contributed by atoms with Crippen molar-refractivity contribution in [3.05, 3.63) is 53.6 Å². The highest BCUT2D eigenvalue weighted by molar-refractivity contribution is 7.84. The van der Waals surface area contributed by atoms with E-state index in [1.807, 2.05) is 0 Å². The highest BCUT2D eigenvalue weighted by Gasteiger charge is 2.10. The van der Waals surface area contributed by atoms with Crippen LogP contribution in [-0.2, 0) is 16.6 Å². The van der Waals surface area contributed by atoms with Gasteiger partial charge in [0.2, 0.25) is 5.91 Å². The molecule has 0 aliphatic heterocycles. The second-order valence-corrected chi connectivity index (χ2v) is 5.90. The zero-order chi connectivity index (χ0) is 15.4. The molecular weight excluding hydrogens is 288 g/mol. The Morgan fingerprint density at radius 3 is 2.62 bits per heavy atom. The number of rotatable bonds is 5. The molecule has 0 radical (unpaired) electrons. The van der Waals surface area contributed by atoms with Crippen molar-refractivity contribution < 1.29 is 13.7 Å². The van der Waals surface area contributed by atoms with Gasteiger partial charge in [0.15, 0.2) is 0 Å². The third-order valence-corrected chi connectivity index (χ3v) is 4.37. The fraction of sp³-hybridized carbons (Fsp3) is 0.133. The van der Waals surface area contributed by atoms with Crippen molar-refractivity contribution in [3.8, 4) is 5.75 Å². The molecule has 0 aliphatic rings. The van der Waals surface area contributed by atoms with E-state index in [4.69, 9.17) is 16.2 Å². The summed E-state index contributed by atoms with van der Waals surface area (Å²) in [7, 11) is 0.308. The number of ether oxygens (including phenoxy) is 1. The van der Waals surface area contributed by atoms with Gasteiger partial charge in [0, 0.05) is 16.1 Å². The van der Waals surface area contributed by atoms with Crippen molar-refractivity contribution in [1.29, 1.82) is 0 Å². The van der Waals surface area contributed by atoms with Crippen LogP contribution in [0.15, 0.2) is 47.4 Å². The van der Waals surface area contributed by atoms with Gasteiger partial charge in [-0.1, -0.05) is 12.1 Å². The Morgan fingerprint density at radius 2 is 2.00 bits per heavy atom. The largest absolute Gasteiger partial charge is 0.497 e. The third-order valence-electron chi connectivity index (χ3n) is 3.02. The Hall–Kier alpha value is -2.34. The van der Waals surface area contributed by atoms with Crippen LogP contribution >= 0.6 is 0 Å². The highest BCUT2D eigenvalue weighted by Crippen LogP contribution is 2.21. The lowest BCUT2D eigenvalue weighted by Gasteiger charge is -2.08. The first-order chi connectivity index (χ1) is 10.0. The Balaban J connectivity index is 2.21. The number of methoxy groups -OCH3 is 1. The van der Waals surface area contributed by atoms with Crippen LogP contribution in [0.2, 0.25) is 0 Å². The van der Waals surface area contributed by atoms with Crippen molar-refractivity contribution in [3.63, 3.8) is 0 Å². The van der Waals surface area contributed by atoms with Gasteiger partial charge in [0.25, 0.3) is 0 Å². The summed E-state index contributed by atoms with van der Waals surface area (Å²) < 4.78 is 17.5. The Morgan fingerprint density at radius 1 is 1.24 bits per heavy atom. The van der Waals surface area contributed by atoms with Gasteiger partial charge in [0.05, 0.1) is 23.7 Å². The molecule has 6 heteroatoms. The maximum absolute atomic E-state index is 12.4. The van der Waals surface area contributed by atoms with Crippen LogP contribution in [-0.4, -0.2) is 17.2 Å². The summed E-state index contributed by atoms with van der Waals surface area (Å²) in [5.74, 6) is 0.373. The van der Waals surface area contributed by atoms with Crippen molar-refractivity contribution in [2.45, 2.75) is 10.6 Å². The number of hydrogen-bond donors (Lipinski definition) is 2. The number of amides is 1. The molecule has 5 nitrogen and oxygen atoms in total. The molecule has 0 heterocycles. The predicted molar refractivity (Wildman–Crippen MR) is 82.5 cm³/mol. The highest BCUT2D eigenvalue weighted by atomic mass is 32.2. The fourth-order valence-corrected chi connectivity index (χ4v) is 3.04. The molecule has 4 N–H and O–H groups in total. The number of nitrogens with two attached hydrogens (primary N) is 2. The minimum absolute atomic E-state index is 0.262. The van der Waals surface area contributed by atoms with E-state index in [9.17, 15) is 9.00 Å². The standard InChI is InChI=1S/C15H16N2O3S/c1-20-12-3-2-4-13(8-12)21(19)9-11-6-5-10(15(17)18)7-14(11)16/h2-8H,9,16H2,1H3,(H2,17,18). The minimum atomic E-state index is -1.25. The van der Waals surface area contributed by atoms with Crippen molar-refractivity contribution >= 4 is 22.4 Å². The monoisotopic (exact) mass is 304 g/mol. The summed E-state index contributed by atoms with van der Waals surface area (Å²) in [6, 6.07) is 11.8. The minimum Gasteiger partial charge on any atom is -0.497 e. The van der Waals surface area contributed by atoms with Crippen LogP contribution in [0.5, 0.6) is 5.75 Å². The Bertz CT molecular complexity index is 701. The first-order valence-electron chi connectivity index (χ1n) is 6.22. The van der Waals surface area contributed by atoms with E-state index in [0.717, 1.165) is 0 Å². The number of nitrogen functional groups attached to an aromatic ring is 1. The zero-order valence-electron chi connectivity index (χ0n) is 11.5. The van der Waals surface area contributed by atoms with Gasteiger partial charge in [-0.25, -0.2) is 0 Å². The third kappa shape index (κ3) is 3.61. The lowest BCUT2D eigenvalue weighted by molar-refractivity contribution is 0.100. The fourth-order valence-electron chi connectivity index (χ4n) is 1.85. The van der Waals surface area contributed by atoms with Gasteiger partial charge in [-0.15, -0.1) is 0 Å². The average molecular weight is 304 g/mol. The first kappa shape index (κ1) is 15.1. The molecule has 1 atom stereocenters. The molecule has 1 amide bonds. The van der Waals surface area contributed by atoms with Gasteiger partial charge in [0.1, 0.15) is 5.75 Å². The molecule has 0 aliphatic carbocycles. The van der Waals surface area contributed by atoms with Gasteiger partial charge in [-0.2, -0.15) is 0 Å². The molecule has 2 aromatic carbocycles. The average Bonchev–Trinajstić information content (AvgIpc) is 2.49. The molecule has 0 fully saturated rings. The molecule has 0 saturated heterocycles. The van der Waals surface area contributed by atoms with Crippen LogP contribution in [0, 0.1) is 0 Å². The quantitative estimate of drug-likeness (QED) is 0.822. The Labute approximate surface area is 125 Å². The first-order valence-corrected chi connectivity index (χ1v) is 7.54. The van der Waals surface area contributed by atoms with E-state index in [2.05, 4.69) is 0 Å². The van der Waals surface area contributed by atoms with Gasteiger partial charge in [-0.3, -0.25) is 9.00 Å². The summed E-state index contributed by atoms with van der Waals surface area (Å²) in [5, 5.41) is 0. The summed E-state index contributed by atoms with van der Waals surface area (Å²) >= 11 is 0. The summed E-state index contributed by atoms with van der Waals surface area (Å²) in [5.41, 5.74) is 12.5. The van der Waals surface area contributed by atoms with E-state index in [1.165, 1.54) is 6.07 Å². The van der Waals surface area contributed by atoms with E-state index in [0.29, 0.717) is 27.5 Å². The summed E-state index contributed by atoms with van der Waals surface area (Å²) in [4.78, 5) is 11.7. The molecule has 0 bridgehead atoms. The van der Waals surface area contributed by atoms with Gasteiger partial charge < -0.3 is 16.2 Å². The normalized spacial score (nSPS) is 11.9. The molecule has 2 aromatic rings. The van der Waals surface area contributed by atoms with Crippen LogP contribution in [0.3, 0.4) is 0 Å². The molecule has 110 valence electrons. The smallest absolute Gasteiger partial charge is 0.248 e. The molecule has 0 aromatic heterocycles. The topological polar surface area (TPSA) is 95.4 Å². The maximum atomic E-state index is 12.4. The number of anilines is 1. The number of carbonyl (C=O) groups excluding carboxylic acids is 1. The SMILES string of the molecule is COc1cccc(S(=O)Cc2ccc(C(N)=O)cc2N)c1. The van der Waals surface area contributed by atoms with E-state index < -0.39 is 16.7 Å². The second kappa shape index (κ2) is 6.41.